The van der Waals surface area contributed by atoms with Gasteiger partial charge in [-0.1, -0.05) is 12.1 Å². The third-order valence-electron chi connectivity index (χ3n) is 3.48. The van der Waals surface area contributed by atoms with E-state index < -0.39 is 0 Å². The van der Waals surface area contributed by atoms with Crippen LogP contribution in [0.2, 0.25) is 0 Å². The highest BCUT2D eigenvalue weighted by atomic mass is 16.5. The van der Waals surface area contributed by atoms with Crippen LogP contribution in [0, 0.1) is 0 Å². The molecule has 0 radical (unpaired) electrons. The van der Waals surface area contributed by atoms with Crippen molar-refractivity contribution in [3.63, 3.8) is 0 Å². The van der Waals surface area contributed by atoms with E-state index in [1.807, 2.05) is 43.3 Å². The average Bonchev–Trinajstić information content (AvgIpc) is 3.14. The van der Waals surface area contributed by atoms with Crippen molar-refractivity contribution in [3.05, 3.63) is 48.0 Å². The van der Waals surface area contributed by atoms with Crippen molar-refractivity contribution in [2.45, 2.75) is 25.0 Å². The van der Waals surface area contributed by atoms with Crippen LogP contribution in [0.1, 0.15) is 30.1 Å². The van der Waals surface area contributed by atoms with Gasteiger partial charge in [0.2, 0.25) is 0 Å². The smallest absolute Gasteiger partial charge is 0.119 e. The van der Waals surface area contributed by atoms with Gasteiger partial charge in [0.05, 0.1) is 30.4 Å². The Labute approximate surface area is 113 Å². The fraction of sp³-hybridized carbons (Fsp3) is 0.400. The van der Waals surface area contributed by atoms with E-state index in [4.69, 9.17) is 4.74 Å². The van der Waals surface area contributed by atoms with Crippen LogP contribution in [0.25, 0.3) is 0 Å². The van der Waals surface area contributed by atoms with Gasteiger partial charge in [-0.3, -0.25) is 0 Å². The lowest BCUT2D eigenvalue weighted by Gasteiger charge is -2.17. The van der Waals surface area contributed by atoms with Crippen molar-refractivity contribution in [1.82, 2.24) is 14.9 Å². The molecule has 1 N–H and O–H groups in total. The highest BCUT2D eigenvalue weighted by Crippen LogP contribution is 2.28. The standard InChI is InChI=1S/C15H19N3O/c1-16-15(14-9-17-10-18(14)2)11-3-5-12(6-4-11)19-13-7-8-13/h3-6,9-10,13,15-16H,7-8H2,1-2H3. The van der Waals surface area contributed by atoms with Crippen molar-refractivity contribution in [2.24, 2.45) is 7.05 Å². The summed E-state index contributed by atoms with van der Waals surface area (Å²) in [4.78, 5) is 4.18. The van der Waals surface area contributed by atoms with E-state index in [2.05, 4.69) is 22.4 Å². The monoisotopic (exact) mass is 257 g/mol. The Balaban J connectivity index is 1.81. The summed E-state index contributed by atoms with van der Waals surface area (Å²) in [6.45, 7) is 0. The fourth-order valence-electron chi connectivity index (χ4n) is 2.25. The quantitative estimate of drug-likeness (QED) is 0.893. The zero-order chi connectivity index (χ0) is 13.2. The highest BCUT2D eigenvalue weighted by molar-refractivity contribution is 5.33. The van der Waals surface area contributed by atoms with Gasteiger partial charge in [-0.25, -0.2) is 4.98 Å². The maximum Gasteiger partial charge on any atom is 0.119 e. The maximum absolute atomic E-state index is 5.77. The van der Waals surface area contributed by atoms with Crippen molar-refractivity contribution in [2.75, 3.05) is 7.05 Å². The zero-order valence-electron chi connectivity index (χ0n) is 11.3. The van der Waals surface area contributed by atoms with E-state index in [1.54, 1.807) is 0 Å². The molecular weight excluding hydrogens is 238 g/mol. The number of hydrogen-bond acceptors (Lipinski definition) is 3. The summed E-state index contributed by atoms with van der Waals surface area (Å²) in [6.07, 6.45) is 6.55. The molecule has 1 heterocycles. The van der Waals surface area contributed by atoms with Crippen molar-refractivity contribution < 1.29 is 4.74 Å². The second-order valence-corrected chi connectivity index (χ2v) is 5.04. The largest absolute Gasteiger partial charge is 0.490 e. The lowest BCUT2D eigenvalue weighted by atomic mass is 10.0. The summed E-state index contributed by atoms with van der Waals surface area (Å²) in [7, 11) is 3.98. The minimum atomic E-state index is 0.155. The number of hydrogen-bond donors (Lipinski definition) is 1. The molecule has 0 saturated heterocycles. The van der Waals surface area contributed by atoms with Gasteiger partial charge in [0.15, 0.2) is 0 Å². The SMILES string of the molecule is CNC(c1ccc(OC2CC2)cc1)c1cncn1C. The van der Waals surface area contributed by atoms with Crippen LogP contribution in [-0.4, -0.2) is 22.7 Å². The van der Waals surface area contributed by atoms with Gasteiger partial charge >= 0.3 is 0 Å². The van der Waals surface area contributed by atoms with Gasteiger partial charge in [-0.05, 0) is 37.6 Å². The number of imidazole rings is 1. The molecule has 1 aromatic carbocycles. The summed E-state index contributed by atoms with van der Waals surface area (Å²) >= 11 is 0. The number of aryl methyl sites for hydroxylation is 1. The second-order valence-electron chi connectivity index (χ2n) is 5.04. The summed E-state index contributed by atoms with van der Waals surface area (Å²) in [5, 5.41) is 3.33. The minimum Gasteiger partial charge on any atom is -0.490 e. The van der Waals surface area contributed by atoms with Crippen LogP contribution in [0.3, 0.4) is 0 Å². The van der Waals surface area contributed by atoms with Crippen LogP contribution in [-0.2, 0) is 7.05 Å². The van der Waals surface area contributed by atoms with Gasteiger partial charge in [-0.15, -0.1) is 0 Å². The summed E-state index contributed by atoms with van der Waals surface area (Å²) in [5.74, 6) is 0.964. The molecule has 1 unspecified atom stereocenters. The normalized spacial score (nSPS) is 16.3. The molecule has 0 aliphatic heterocycles. The number of aromatic nitrogens is 2. The Morgan fingerprint density at radius 3 is 2.58 bits per heavy atom. The van der Waals surface area contributed by atoms with E-state index in [0.29, 0.717) is 6.10 Å². The van der Waals surface area contributed by atoms with E-state index in [1.165, 1.54) is 18.4 Å². The third-order valence-corrected chi connectivity index (χ3v) is 3.48. The fourth-order valence-corrected chi connectivity index (χ4v) is 2.25. The Kier molecular flexibility index (Phi) is 3.25. The molecule has 1 fully saturated rings. The highest BCUT2D eigenvalue weighted by Gasteiger charge is 2.23. The van der Waals surface area contributed by atoms with Crippen molar-refractivity contribution >= 4 is 0 Å². The topological polar surface area (TPSA) is 39.1 Å². The summed E-state index contributed by atoms with van der Waals surface area (Å²) in [5.41, 5.74) is 2.37. The van der Waals surface area contributed by atoms with Gasteiger partial charge < -0.3 is 14.6 Å². The molecule has 19 heavy (non-hydrogen) atoms. The molecule has 1 atom stereocenters. The van der Waals surface area contributed by atoms with Gasteiger partial charge in [-0.2, -0.15) is 0 Å². The van der Waals surface area contributed by atoms with E-state index in [0.717, 1.165) is 11.4 Å². The second kappa shape index (κ2) is 5.05. The number of ether oxygens (including phenoxy) is 1. The van der Waals surface area contributed by atoms with Gasteiger partial charge in [0.25, 0.3) is 0 Å². The molecule has 1 aliphatic carbocycles. The molecule has 1 aliphatic rings. The molecule has 100 valence electrons. The summed E-state index contributed by atoms with van der Waals surface area (Å²) in [6, 6.07) is 8.49. The van der Waals surface area contributed by atoms with Crippen LogP contribution >= 0.6 is 0 Å². The third kappa shape index (κ3) is 2.63. The van der Waals surface area contributed by atoms with Gasteiger partial charge in [0.1, 0.15) is 5.75 Å². The number of nitrogens with zero attached hydrogens (tertiary/aromatic N) is 2. The molecule has 0 spiro atoms. The Bertz CT molecular complexity index is 543. The van der Waals surface area contributed by atoms with Crippen LogP contribution in [0.15, 0.2) is 36.8 Å². The summed E-state index contributed by atoms with van der Waals surface area (Å²) < 4.78 is 7.81. The van der Waals surface area contributed by atoms with Crippen molar-refractivity contribution in [1.29, 1.82) is 0 Å². The molecule has 0 amide bonds. The average molecular weight is 257 g/mol. The van der Waals surface area contributed by atoms with E-state index in [9.17, 15) is 0 Å². The number of rotatable bonds is 5. The van der Waals surface area contributed by atoms with Crippen molar-refractivity contribution in [3.8, 4) is 5.75 Å². The van der Waals surface area contributed by atoms with Crippen LogP contribution in [0.5, 0.6) is 5.75 Å². The van der Waals surface area contributed by atoms with E-state index in [-0.39, 0.29) is 6.04 Å². The number of nitrogens with one attached hydrogen (secondary N) is 1. The van der Waals surface area contributed by atoms with E-state index >= 15 is 0 Å². The molecule has 2 aromatic rings. The molecule has 4 heteroatoms. The lowest BCUT2D eigenvalue weighted by molar-refractivity contribution is 0.303. The number of benzene rings is 1. The Morgan fingerprint density at radius 1 is 1.32 bits per heavy atom. The molecule has 1 aromatic heterocycles. The lowest BCUT2D eigenvalue weighted by Crippen LogP contribution is -2.20. The first kappa shape index (κ1) is 12.2. The predicted octanol–water partition coefficient (Wildman–Crippen LogP) is 2.27. The van der Waals surface area contributed by atoms with Gasteiger partial charge in [0, 0.05) is 7.05 Å². The van der Waals surface area contributed by atoms with Crippen LogP contribution < -0.4 is 10.1 Å². The molecule has 3 rings (SSSR count). The molecular formula is C15H19N3O. The van der Waals surface area contributed by atoms with Crippen LogP contribution in [0.4, 0.5) is 0 Å². The first-order valence-corrected chi connectivity index (χ1v) is 6.68. The maximum atomic E-state index is 5.77. The Hall–Kier alpha value is -1.81. The molecule has 1 saturated carbocycles. The molecule has 0 bridgehead atoms. The minimum absolute atomic E-state index is 0.155. The first-order valence-electron chi connectivity index (χ1n) is 6.68. The first-order chi connectivity index (χ1) is 9.28. The predicted molar refractivity (Wildman–Crippen MR) is 74.2 cm³/mol. The molecule has 4 nitrogen and oxygen atoms in total. The zero-order valence-corrected chi connectivity index (χ0v) is 11.3. The Morgan fingerprint density at radius 2 is 2.05 bits per heavy atom.